The third-order valence-electron chi connectivity index (χ3n) is 2.97. The first-order valence-electron chi connectivity index (χ1n) is 6.58. The molecule has 0 heterocycles. The molecule has 0 spiro atoms. The smallest absolute Gasteiger partial charge is 0.407 e. The maximum absolute atomic E-state index is 11.1. The summed E-state index contributed by atoms with van der Waals surface area (Å²) < 4.78 is 10.7. The average molecular weight is 300 g/mol. The van der Waals surface area contributed by atoms with Gasteiger partial charge in [-0.3, -0.25) is 0 Å². The first-order chi connectivity index (χ1) is 9.12. The van der Waals surface area contributed by atoms with Gasteiger partial charge in [0.05, 0.1) is 12.7 Å². The summed E-state index contributed by atoms with van der Waals surface area (Å²) in [7, 11) is -1.71. The highest BCUT2D eigenvalue weighted by molar-refractivity contribution is 6.74. The van der Waals surface area contributed by atoms with E-state index < -0.39 is 14.4 Å². The minimum atomic E-state index is -1.71. The lowest BCUT2D eigenvalue weighted by atomic mass is 10.2. The van der Waals surface area contributed by atoms with Crippen molar-refractivity contribution in [2.24, 2.45) is 0 Å². The topological polar surface area (TPSA) is 71.3 Å². The lowest BCUT2D eigenvalue weighted by Gasteiger charge is -2.36. The Hall–Kier alpha value is -1.32. The highest BCUT2D eigenvalue weighted by atomic mass is 28.4. The third-order valence-corrected chi connectivity index (χ3v) is 7.51. The number of alkyl carbamates (subject to hydrolysis) is 1. The Morgan fingerprint density at radius 2 is 1.95 bits per heavy atom. The number of nitrogens with one attached hydrogen (secondary N) is 1. The van der Waals surface area contributed by atoms with Gasteiger partial charge in [-0.15, -0.1) is 0 Å². The van der Waals surface area contributed by atoms with Crippen LogP contribution in [0.3, 0.4) is 0 Å². The minimum Gasteiger partial charge on any atom is -0.445 e. The molecule has 0 aliphatic heterocycles. The molecule has 5 nitrogen and oxygen atoms in total. The lowest BCUT2D eigenvalue weighted by molar-refractivity contribution is 0.155. The minimum absolute atomic E-state index is 0.191. The highest BCUT2D eigenvalue weighted by Gasteiger charge is 2.36. The van der Waals surface area contributed by atoms with E-state index in [1.54, 1.807) is 6.07 Å². The number of rotatable bonds is 6. The number of hydrogen-bond donors (Lipinski definition) is 1. The first-order valence-corrected chi connectivity index (χ1v) is 9.49. The summed E-state index contributed by atoms with van der Waals surface area (Å²) in [5.74, 6) is 0. The van der Waals surface area contributed by atoms with Crippen LogP contribution in [0.2, 0.25) is 18.1 Å². The summed E-state index contributed by atoms with van der Waals surface area (Å²) in [6.45, 7) is 17.1. The van der Waals surface area contributed by atoms with Crippen LogP contribution in [-0.4, -0.2) is 34.2 Å². The third kappa shape index (κ3) is 10.6. The Balaban J connectivity index is 0. The molecule has 0 rings (SSSR count). The van der Waals surface area contributed by atoms with Crippen LogP contribution in [0.5, 0.6) is 0 Å². The molecule has 1 N–H and O–H groups in total. The Morgan fingerprint density at radius 1 is 1.45 bits per heavy atom. The number of carbonyl (C=O) groups excluding carboxylic acids is 1. The van der Waals surface area contributed by atoms with E-state index in [9.17, 15) is 4.79 Å². The van der Waals surface area contributed by atoms with Crippen molar-refractivity contribution >= 4 is 14.4 Å². The zero-order chi connectivity index (χ0) is 16.2. The first kappa shape index (κ1) is 21.0. The second-order valence-electron chi connectivity index (χ2n) is 5.65. The van der Waals surface area contributed by atoms with Crippen molar-refractivity contribution in [1.82, 2.24) is 5.32 Å². The van der Waals surface area contributed by atoms with Crippen molar-refractivity contribution in [3.63, 3.8) is 0 Å². The number of hydrogen-bond acceptors (Lipinski definition) is 4. The van der Waals surface area contributed by atoms with Gasteiger partial charge in [0.2, 0.25) is 0 Å². The van der Waals surface area contributed by atoms with E-state index in [0.29, 0.717) is 13.2 Å². The molecule has 0 aliphatic carbocycles. The lowest BCUT2D eigenvalue weighted by Crippen LogP contribution is -2.42. The summed E-state index contributed by atoms with van der Waals surface area (Å²) in [5, 5.41) is 10.1. The van der Waals surface area contributed by atoms with Crippen LogP contribution < -0.4 is 5.32 Å². The van der Waals surface area contributed by atoms with Gasteiger partial charge in [0, 0.05) is 13.5 Å². The number of nitriles is 1. The van der Waals surface area contributed by atoms with Crippen LogP contribution in [0, 0.1) is 11.3 Å². The summed E-state index contributed by atoms with van der Waals surface area (Å²) in [6, 6.07) is 1.75. The van der Waals surface area contributed by atoms with Gasteiger partial charge < -0.3 is 14.5 Å². The van der Waals surface area contributed by atoms with Gasteiger partial charge in [-0.05, 0) is 18.1 Å². The molecule has 0 atom stereocenters. The SMILES string of the molecule is C=CCOC(=O)NCCO[Si](C)(C)C(C)(C)C.CC#N. The van der Waals surface area contributed by atoms with Gasteiger partial charge in [0.15, 0.2) is 8.32 Å². The molecular formula is C14H28N2O3Si. The monoisotopic (exact) mass is 300 g/mol. The maximum Gasteiger partial charge on any atom is 0.407 e. The van der Waals surface area contributed by atoms with Crippen LogP contribution in [0.4, 0.5) is 4.79 Å². The van der Waals surface area contributed by atoms with Crippen molar-refractivity contribution in [3.8, 4) is 6.07 Å². The number of nitrogens with zero attached hydrogens (tertiary/aromatic N) is 1. The molecule has 0 saturated heterocycles. The van der Waals surface area contributed by atoms with Crippen molar-refractivity contribution in [2.75, 3.05) is 19.8 Å². The molecule has 1 amide bonds. The van der Waals surface area contributed by atoms with E-state index in [1.807, 2.05) is 0 Å². The van der Waals surface area contributed by atoms with Gasteiger partial charge in [-0.1, -0.05) is 33.4 Å². The number of ether oxygens (including phenoxy) is 1. The van der Waals surface area contributed by atoms with Crippen LogP contribution in [-0.2, 0) is 9.16 Å². The van der Waals surface area contributed by atoms with E-state index >= 15 is 0 Å². The van der Waals surface area contributed by atoms with Crippen molar-refractivity contribution in [3.05, 3.63) is 12.7 Å². The van der Waals surface area contributed by atoms with Crippen LogP contribution in [0.25, 0.3) is 0 Å². The van der Waals surface area contributed by atoms with Crippen LogP contribution in [0.15, 0.2) is 12.7 Å². The van der Waals surface area contributed by atoms with E-state index in [2.05, 4.69) is 45.8 Å². The molecule has 0 fully saturated rings. The molecule has 0 bridgehead atoms. The molecule has 0 aromatic carbocycles. The zero-order valence-corrected chi connectivity index (χ0v) is 14.6. The maximum atomic E-state index is 11.1. The predicted octanol–water partition coefficient (Wildman–Crippen LogP) is 3.45. The highest BCUT2D eigenvalue weighted by Crippen LogP contribution is 2.36. The van der Waals surface area contributed by atoms with Gasteiger partial charge >= 0.3 is 6.09 Å². The normalized spacial score (nSPS) is 10.7. The van der Waals surface area contributed by atoms with Crippen LogP contribution >= 0.6 is 0 Å². The molecule has 20 heavy (non-hydrogen) atoms. The van der Waals surface area contributed by atoms with Crippen LogP contribution in [0.1, 0.15) is 27.7 Å². The summed E-state index contributed by atoms with van der Waals surface area (Å²) in [4.78, 5) is 11.1. The molecule has 0 aromatic heterocycles. The second kappa shape index (κ2) is 10.5. The zero-order valence-electron chi connectivity index (χ0n) is 13.6. The summed E-state index contributed by atoms with van der Waals surface area (Å²) in [6.07, 6.45) is 1.11. The fourth-order valence-corrected chi connectivity index (χ4v) is 1.91. The Kier molecular flexibility index (Phi) is 11.0. The molecule has 0 unspecified atom stereocenters. The van der Waals surface area contributed by atoms with E-state index in [4.69, 9.17) is 14.4 Å². The van der Waals surface area contributed by atoms with E-state index in [1.165, 1.54) is 13.0 Å². The number of carbonyl (C=O) groups is 1. The Bertz CT molecular complexity index is 330. The standard InChI is InChI=1S/C12H25NO3Si.C2H3N/c1-7-9-15-11(14)13-8-10-16-17(5,6)12(2,3)4;1-2-3/h7H,1,8-10H2,2-6H3,(H,13,14);1H3. The Labute approximate surface area is 124 Å². The Morgan fingerprint density at radius 3 is 2.35 bits per heavy atom. The molecule has 6 heteroatoms. The number of amides is 1. The largest absolute Gasteiger partial charge is 0.445 e. The quantitative estimate of drug-likeness (QED) is 0.463. The summed E-state index contributed by atoms with van der Waals surface area (Å²) >= 11 is 0. The molecule has 0 aliphatic rings. The fourth-order valence-electron chi connectivity index (χ4n) is 0.861. The fraction of sp³-hybridized carbons (Fsp3) is 0.714. The van der Waals surface area contributed by atoms with Gasteiger partial charge in [-0.25, -0.2) is 4.79 Å². The summed E-state index contributed by atoms with van der Waals surface area (Å²) in [5.41, 5.74) is 0. The predicted molar refractivity (Wildman–Crippen MR) is 84.0 cm³/mol. The van der Waals surface area contributed by atoms with E-state index in [0.717, 1.165) is 0 Å². The van der Waals surface area contributed by atoms with Gasteiger partial charge in [0.1, 0.15) is 6.61 Å². The van der Waals surface area contributed by atoms with Crippen molar-refractivity contribution < 1.29 is 14.0 Å². The van der Waals surface area contributed by atoms with Gasteiger partial charge in [-0.2, -0.15) is 5.26 Å². The van der Waals surface area contributed by atoms with E-state index in [-0.39, 0.29) is 11.6 Å². The average Bonchev–Trinajstić information content (AvgIpc) is 2.31. The van der Waals surface area contributed by atoms with Crippen molar-refractivity contribution in [1.29, 1.82) is 5.26 Å². The molecule has 116 valence electrons. The molecular weight excluding hydrogens is 272 g/mol. The molecule has 0 saturated carbocycles. The molecule has 0 radical (unpaired) electrons. The van der Waals surface area contributed by atoms with Gasteiger partial charge in [0.25, 0.3) is 0 Å². The second-order valence-corrected chi connectivity index (χ2v) is 10.5. The van der Waals surface area contributed by atoms with Crippen molar-refractivity contribution in [2.45, 2.75) is 45.8 Å². The molecule has 0 aromatic rings.